The number of fused-ring (bicyclic) bond motifs is 1. The standard InChI is InChI=1S/C19H21N3O4S2/c1-10(12-4-5-12)22-9-14-6-13(15-8-20-19(27-15)21-11(2)23)7-16(28(3,25)26)17(14)18(22)24/h6-8,10,12H,4-5,9H2,1-3H3,(H,20,21,23). The average molecular weight is 420 g/mol. The molecular weight excluding hydrogens is 398 g/mol. The van der Waals surface area contributed by atoms with Gasteiger partial charge in [0, 0.05) is 32.0 Å². The number of nitrogens with zero attached hydrogens (tertiary/aromatic N) is 2. The van der Waals surface area contributed by atoms with E-state index < -0.39 is 9.84 Å². The van der Waals surface area contributed by atoms with Crippen molar-refractivity contribution in [2.45, 2.75) is 44.2 Å². The Bertz CT molecular complexity index is 1090. The van der Waals surface area contributed by atoms with Crippen LogP contribution in [0.15, 0.2) is 23.2 Å². The largest absolute Gasteiger partial charge is 0.331 e. The third-order valence-electron chi connectivity index (χ3n) is 5.27. The van der Waals surface area contributed by atoms with E-state index in [0.717, 1.165) is 29.5 Å². The molecule has 0 saturated heterocycles. The van der Waals surface area contributed by atoms with Gasteiger partial charge in [0.25, 0.3) is 5.91 Å². The summed E-state index contributed by atoms with van der Waals surface area (Å²) in [5, 5.41) is 3.08. The molecule has 2 aliphatic rings. The summed E-state index contributed by atoms with van der Waals surface area (Å²) < 4.78 is 24.9. The first-order chi connectivity index (χ1) is 13.1. The molecule has 1 saturated carbocycles. The highest BCUT2D eigenvalue weighted by molar-refractivity contribution is 7.90. The summed E-state index contributed by atoms with van der Waals surface area (Å²) >= 11 is 1.27. The van der Waals surface area contributed by atoms with Crippen molar-refractivity contribution in [3.05, 3.63) is 29.5 Å². The van der Waals surface area contributed by atoms with E-state index in [4.69, 9.17) is 0 Å². The maximum absolute atomic E-state index is 13.0. The number of aromatic nitrogens is 1. The summed E-state index contributed by atoms with van der Waals surface area (Å²) in [7, 11) is -3.59. The molecule has 1 fully saturated rings. The zero-order valence-electron chi connectivity index (χ0n) is 15.9. The lowest BCUT2D eigenvalue weighted by Crippen LogP contribution is -2.35. The molecule has 1 aromatic heterocycles. The lowest BCUT2D eigenvalue weighted by molar-refractivity contribution is -0.114. The quantitative estimate of drug-likeness (QED) is 0.804. The SMILES string of the molecule is CC(=O)Nc1ncc(-c2cc3c(c(S(C)(=O)=O)c2)C(=O)N(C(C)C2CC2)C3)s1. The van der Waals surface area contributed by atoms with E-state index in [1.165, 1.54) is 18.3 Å². The third-order valence-corrected chi connectivity index (χ3v) is 7.35. The van der Waals surface area contributed by atoms with Gasteiger partial charge >= 0.3 is 0 Å². The van der Waals surface area contributed by atoms with Gasteiger partial charge in [-0.3, -0.25) is 9.59 Å². The van der Waals surface area contributed by atoms with Crippen molar-refractivity contribution in [2.24, 2.45) is 5.92 Å². The van der Waals surface area contributed by atoms with Gasteiger partial charge in [-0.1, -0.05) is 11.3 Å². The van der Waals surface area contributed by atoms with Gasteiger partial charge in [-0.25, -0.2) is 13.4 Å². The second-order valence-electron chi connectivity index (χ2n) is 7.50. The van der Waals surface area contributed by atoms with E-state index in [9.17, 15) is 18.0 Å². The molecule has 2 amide bonds. The summed E-state index contributed by atoms with van der Waals surface area (Å²) in [5.41, 5.74) is 1.71. The Hall–Kier alpha value is -2.26. The number of sulfone groups is 1. The van der Waals surface area contributed by atoms with E-state index >= 15 is 0 Å². The first-order valence-electron chi connectivity index (χ1n) is 9.07. The van der Waals surface area contributed by atoms with Crippen LogP contribution in [0.25, 0.3) is 10.4 Å². The summed E-state index contributed by atoms with van der Waals surface area (Å²) in [6, 6.07) is 3.51. The lowest BCUT2D eigenvalue weighted by Gasteiger charge is -2.24. The predicted molar refractivity (Wildman–Crippen MR) is 107 cm³/mol. The molecule has 1 unspecified atom stereocenters. The van der Waals surface area contributed by atoms with Crippen molar-refractivity contribution in [1.82, 2.24) is 9.88 Å². The van der Waals surface area contributed by atoms with Gasteiger partial charge in [-0.2, -0.15) is 0 Å². The van der Waals surface area contributed by atoms with E-state index in [2.05, 4.69) is 10.3 Å². The van der Waals surface area contributed by atoms with Gasteiger partial charge in [0.05, 0.1) is 15.3 Å². The maximum Gasteiger partial charge on any atom is 0.256 e. The van der Waals surface area contributed by atoms with Gasteiger partial charge in [0.15, 0.2) is 15.0 Å². The average Bonchev–Trinajstić information content (AvgIpc) is 3.27. The minimum atomic E-state index is -3.59. The molecule has 1 aliphatic heterocycles. The molecule has 1 atom stereocenters. The second kappa shape index (κ2) is 6.66. The molecule has 9 heteroatoms. The van der Waals surface area contributed by atoms with E-state index in [0.29, 0.717) is 28.7 Å². The molecule has 1 aliphatic carbocycles. The van der Waals surface area contributed by atoms with Crippen LogP contribution in [-0.4, -0.2) is 42.4 Å². The first-order valence-corrected chi connectivity index (χ1v) is 11.8. The molecular formula is C19H21N3O4S2. The summed E-state index contributed by atoms with van der Waals surface area (Å²) in [5.74, 6) is 0.0766. The van der Waals surface area contributed by atoms with E-state index in [1.807, 2.05) is 13.0 Å². The monoisotopic (exact) mass is 419 g/mol. The molecule has 2 heterocycles. The number of thiazole rings is 1. The number of carbonyl (C=O) groups excluding carboxylic acids is 2. The summed E-state index contributed by atoms with van der Waals surface area (Å²) in [6.45, 7) is 3.85. The molecule has 1 N–H and O–H groups in total. The fourth-order valence-electron chi connectivity index (χ4n) is 3.65. The van der Waals surface area contributed by atoms with Gasteiger partial charge in [-0.15, -0.1) is 0 Å². The van der Waals surface area contributed by atoms with Gasteiger partial charge in [0.2, 0.25) is 5.91 Å². The molecule has 7 nitrogen and oxygen atoms in total. The summed E-state index contributed by atoms with van der Waals surface area (Å²) in [6.07, 6.45) is 4.95. The van der Waals surface area contributed by atoms with Crippen molar-refractivity contribution in [3.8, 4) is 10.4 Å². The Morgan fingerprint density at radius 1 is 1.36 bits per heavy atom. The highest BCUT2D eigenvalue weighted by Gasteiger charge is 2.40. The molecule has 0 radical (unpaired) electrons. The minimum absolute atomic E-state index is 0.0602. The third kappa shape index (κ3) is 3.44. The lowest BCUT2D eigenvalue weighted by atomic mass is 10.1. The number of hydrogen-bond donors (Lipinski definition) is 1. The highest BCUT2D eigenvalue weighted by atomic mass is 32.2. The number of rotatable bonds is 5. The fourth-order valence-corrected chi connectivity index (χ4v) is 5.43. The van der Waals surface area contributed by atoms with Gasteiger partial charge < -0.3 is 10.2 Å². The van der Waals surface area contributed by atoms with Crippen LogP contribution in [0.3, 0.4) is 0 Å². The Balaban J connectivity index is 1.78. The Morgan fingerprint density at radius 2 is 2.07 bits per heavy atom. The maximum atomic E-state index is 13.0. The number of nitrogens with one attached hydrogen (secondary N) is 1. The highest BCUT2D eigenvalue weighted by Crippen LogP contribution is 2.41. The predicted octanol–water partition coefficient (Wildman–Crippen LogP) is 2.93. The topological polar surface area (TPSA) is 96.4 Å². The van der Waals surface area contributed by atoms with Crippen LogP contribution in [0.2, 0.25) is 0 Å². The second-order valence-corrected chi connectivity index (χ2v) is 10.5. The van der Waals surface area contributed by atoms with E-state index in [-0.39, 0.29) is 22.8 Å². The van der Waals surface area contributed by atoms with Crippen molar-refractivity contribution < 1.29 is 18.0 Å². The fraction of sp³-hybridized carbons (Fsp3) is 0.421. The smallest absolute Gasteiger partial charge is 0.256 e. The number of anilines is 1. The van der Waals surface area contributed by atoms with Crippen LogP contribution in [-0.2, 0) is 21.2 Å². The van der Waals surface area contributed by atoms with Crippen LogP contribution >= 0.6 is 11.3 Å². The minimum Gasteiger partial charge on any atom is -0.331 e. The van der Waals surface area contributed by atoms with Gasteiger partial charge in [0.1, 0.15) is 0 Å². The van der Waals surface area contributed by atoms with Crippen LogP contribution in [0.1, 0.15) is 42.6 Å². The molecule has 1 aromatic carbocycles. The Kier molecular flexibility index (Phi) is 4.54. The molecule has 0 bridgehead atoms. The molecule has 148 valence electrons. The Labute approximate surface area is 167 Å². The van der Waals surface area contributed by atoms with Crippen molar-refractivity contribution in [2.75, 3.05) is 11.6 Å². The molecule has 2 aromatic rings. The van der Waals surface area contributed by atoms with Crippen molar-refractivity contribution in [1.29, 1.82) is 0 Å². The zero-order valence-corrected chi connectivity index (χ0v) is 17.5. The van der Waals surface area contributed by atoms with Crippen LogP contribution in [0.4, 0.5) is 5.13 Å². The number of amides is 2. The van der Waals surface area contributed by atoms with Crippen LogP contribution in [0.5, 0.6) is 0 Å². The number of carbonyl (C=O) groups is 2. The van der Waals surface area contributed by atoms with Crippen molar-refractivity contribution >= 4 is 38.1 Å². The number of benzene rings is 1. The number of hydrogen-bond acceptors (Lipinski definition) is 6. The molecule has 28 heavy (non-hydrogen) atoms. The molecule has 4 rings (SSSR count). The van der Waals surface area contributed by atoms with E-state index in [1.54, 1.807) is 17.2 Å². The zero-order chi connectivity index (χ0) is 20.2. The summed E-state index contributed by atoms with van der Waals surface area (Å²) in [4.78, 5) is 31.0. The Morgan fingerprint density at radius 3 is 2.68 bits per heavy atom. The van der Waals surface area contributed by atoms with Crippen molar-refractivity contribution in [3.63, 3.8) is 0 Å². The van der Waals surface area contributed by atoms with Gasteiger partial charge in [-0.05, 0) is 48.9 Å². The first kappa shape index (κ1) is 19.1. The van der Waals surface area contributed by atoms with Crippen LogP contribution in [0, 0.1) is 5.92 Å². The van der Waals surface area contributed by atoms with Crippen LogP contribution < -0.4 is 5.32 Å². The molecule has 0 spiro atoms. The normalized spacial score (nSPS) is 17.5.